The van der Waals surface area contributed by atoms with Gasteiger partial charge < -0.3 is 15.1 Å². The van der Waals surface area contributed by atoms with Crippen LogP contribution in [0.4, 0.5) is 21.1 Å². The van der Waals surface area contributed by atoms with Crippen LogP contribution >= 0.6 is 11.8 Å². The number of carbonyl (C=O) groups is 2. The van der Waals surface area contributed by atoms with E-state index in [1.165, 1.54) is 12.1 Å². The van der Waals surface area contributed by atoms with Crippen molar-refractivity contribution in [3.63, 3.8) is 0 Å². The van der Waals surface area contributed by atoms with Crippen LogP contribution in [0.1, 0.15) is 24.2 Å². The number of hydrogen-bond acceptors (Lipinski definition) is 11. The topological polar surface area (TPSA) is 129 Å². The fourth-order valence-electron chi connectivity index (χ4n) is 4.37. The SMILES string of the molecule is CN(C)c1ncc(-c2cc(F)cc(CNCC3CCN(c4nccc(C=C5SC(=O)NC5=O)n4)CC3)n2)cn1. The molecule has 11 nitrogen and oxygen atoms in total. The number of pyridine rings is 1. The molecule has 3 aromatic heterocycles. The van der Waals surface area contributed by atoms with E-state index in [-0.39, 0.29) is 11.1 Å². The lowest BCUT2D eigenvalue weighted by Crippen LogP contribution is -2.38. The van der Waals surface area contributed by atoms with Gasteiger partial charge in [0.15, 0.2) is 0 Å². The Bertz CT molecular complexity index is 1390. The first-order chi connectivity index (χ1) is 18.8. The molecule has 2 N–H and O–H groups in total. The lowest BCUT2D eigenvalue weighted by Gasteiger charge is -2.32. The Labute approximate surface area is 229 Å². The highest BCUT2D eigenvalue weighted by molar-refractivity contribution is 8.18. The standard InChI is InChI=1S/C26H28FN9O2S/c1-35(2)24-30-13-17(14-31-24)21-10-18(27)9-20(32-21)15-28-12-16-4-7-36(8-5-16)25-29-6-3-19(33-25)11-22-23(37)34-26(38)39-22/h3,6,9-11,13-14,16,28H,4-5,7-8,12,15H2,1-2H3,(H,34,37,38). The smallest absolute Gasteiger partial charge is 0.290 e. The molecule has 202 valence electrons. The third-order valence-corrected chi connectivity index (χ3v) is 7.21. The number of carbonyl (C=O) groups excluding carboxylic acids is 2. The van der Waals surface area contributed by atoms with Crippen LogP contribution in [0.15, 0.2) is 41.7 Å². The van der Waals surface area contributed by atoms with Crippen LogP contribution in [0.5, 0.6) is 0 Å². The van der Waals surface area contributed by atoms with E-state index in [1.54, 1.807) is 35.6 Å². The first kappa shape index (κ1) is 26.6. The number of halogens is 1. The number of piperidine rings is 1. The van der Waals surface area contributed by atoms with Crippen molar-refractivity contribution in [2.24, 2.45) is 5.92 Å². The Morgan fingerprint density at radius 3 is 2.62 bits per heavy atom. The van der Waals surface area contributed by atoms with E-state index in [1.807, 2.05) is 14.1 Å². The lowest BCUT2D eigenvalue weighted by atomic mass is 9.97. The van der Waals surface area contributed by atoms with Crippen LogP contribution in [0.25, 0.3) is 17.3 Å². The zero-order valence-corrected chi connectivity index (χ0v) is 22.4. The van der Waals surface area contributed by atoms with E-state index in [9.17, 15) is 14.0 Å². The summed E-state index contributed by atoms with van der Waals surface area (Å²) in [7, 11) is 3.72. The molecule has 2 fully saturated rings. The van der Waals surface area contributed by atoms with Gasteiger partial charge in [-0.25, -0.2) is 24.3 Å². The average molecular weight is 550 g/mol. The number of anilines is 2. The number of thioether (sulfide) groups is 1. The molecule has 0 unspecified atom stereocenters. The van der Waals surface area contributed by atoms with Gasteiger partial charge in [-0.1, -0.05) is 0 Å². The van der Waals surface area contributed by atoms with Gasteiger partial charge in [0.1, 0.15) is 5.82 Å². The van der Waals surface area contributed by atoms with Gasteiger partial charge in [-0.05, 0) is 55.3 Å². The van der Waals surface area contributed by atoms with Crippen LogP contribution in [-0.2, 0) is 11.3 Å². The van der Waals surface area contributed by atoms with E-state index in [0.29, 0.717) is 51.9 Å². The summed E-state index contributed by atoms with van der Waals surface area (Å²) < 4.78 is 14.3. The Balaban J connectivity index is 1.13. The molecule has 39 heavy (non-hydrogen) atoms. The predicted octanol–water partition coefficient (Wildman–Crippen LogP) is 2.86. The largest absolute Gasteiger partial charge is 0.347 e. The van der Waals surface area contributed by atoms with Crippen LogP contribution in [0, 0.1) is 11.7 Å². The van der Waals surface area contributed by atoms with Crippen molar-refractivity contribution in [1.29, 1.82) is 0 Å². The minimum absolute atomic E-state index is 0.324. The minimum Gasteiger partial charge on any atom is -0.347 e. The molecule has 5 rings (SSSR count). The molecule has 3 aromatic rings. The van der Waals surface area contributed by atoms with Crippen molar-refractivity contribution in [2.45, 2.75) is 19.4 Å². The Kier molecular flexibility index (Phi) is 8.07. The molecule has 0 aliphatic carbocycles. The normalized spacial score (nSPS) is 17.1. The van der Waals surface area contributed by atoms with Crippen LogP contribution < -0.4 is 20.4 Å². The Morgan fingerprint density at radius 1 is 1.15 bits per heavy atom. The molecule has 0 bridgehead atoms. The highest BCUT2D eigenvalue weighted by atomic mass is 32.2. The van der Waals surface area contributed by atoms with Gasteiger partial charge in [0, 0.05) is 63.9 Å². The highest BCUT2D eigenvalue weighted by Crippen LogP contribution is 2.26. The third kappa shape index (κ3) is 6.73. The monoisotopic (exact) mass is 549 g/mol. The predicted molar refractivity (Wildman–Crippen MR) is 147 cm³/mol. The quantitative estimate of drug-likeness (QED) is 0.403. The molecule has 5 heterocycles. The highest BCUT2D eigenvalue weighted by Gasteiger charge is 2.26. The third-order valence-electron chi connectivity index (χ3n) is 6.40. The number of amides is 2. The summed E-state index contributed by atoms with van der Waals surface area (Å²) in [5.74, 6) is 0.879. The lowest BCUT2D eigenvalue weighted by molar-refractivity contribution is -0.115. The van der Waals surface area contributed by atoms with Gasteiger partial charge in [-0.3, -0.25) is 19.9 Å². The van der Waals surface area contributed by atoms with Crippen molar-refractivity contribution in [2.75, 3.05) is 43.5 Å². The summed E-state index contributed by atoms with van der Waals surface area (Å²) in [5.41, 5.74) is 2.37. The zero-order chi connectivity index (χ0) is 27.4. The van der Waals surface area contributed by atoms with E-state index in [2.05, 4.69) is 40.5 Å². The Hall–Kier alpha value is -3.97. The summed E-state index contributed by atoms with van der Waals surface area (Å²) in [6.07, 6.45) is 8.46. The van der Waals surface area contributed by atoms with Crippen LogP contribution in [0.3, 0.4) is 0 Å². The maximum absolute atomic E-state index is 14.3. The maximum Gasteiger partial charge on any atom is 0.290 e. The first-order valence-corrected chi connectivity index (χ1v) is 13.4. The average Bonchev–Trinajstić information content (AvgIpc) is 3.25. The first-order valence-electron chi connectivity index (χ1n) is 12.5. The van der Waals surface area contributed by atoms with Gasteiger partial charge >= 0.3 is 0 Å². The molecular formula is C26H28FN9O2S. The molecule has 2 saturated heterocycles. The molecule has 2 amide bonds. The van der Waals surface area contributed by atoms with Gasteiger partial charge in [0.05, 0.1) is 22.0 Å². The van der Waals surface area contributed by atoms with Crippen molar-refractivity contribution in [3.8, 4) is 11.3 Å². The number of imide groups is 1. The molecular weight excluding hydrogens is 521 g/mol. The molecule has 0 atom stereocenters. The number of aromatic nitrogens is 5. The molecule has 0 aromatic carbocycles. The Morgan fingerprint density at radius 2 is 1.92 bits per heavy atom. The summed E-state index contributed by atoms with van der Waals surface area (Å²) in [5, 5.41) is 5.28. The second-order valence-corrected chi connectivity index (χ2v) is 10.5. The van der Waals surface area contributed by atoms with E-state index >= 15 is 0 Å². The molecule has 2 aliphatic rings. The molecule has 2 aliphatic heterocycles. The van der Waals surface area contributed by atoms with E-state index in [4.69, 9.17) is 0 Å². The van der Waals surface area contributed by atoms with Crippen molar-refractivity contribution >= 4 is 40.9 Å². The van der Waals surface area contributed by atoms with Crippen molar-refractivity contribution in [1.82, 2.24) is 35.6 Å². The zero-order valence-electron chi connectivity index (χ0n) is 21.6. The fourth-order valence-corrected chi connectivity index (χ4v) is 5.03. The maximum atomic E-state index is 14.3. The fraction of sp³-hybridized carbons (Fsp3) is 0.346. The van der Waals surface area contributed by atoms with Crippen LogP contribution in [-0.4, -0.2) is 69.8 Å². The summed E-state index contributed by atoms with van der Waals surface area (Å²) in [4.78, 5) is 49.6. The summed E-state index contributed by atoms with van der Waals surface area (Å²) >= 11 is 0.866. The van der Waals surface area contributed by atoms with Gasteiger partial charge in [0.2, 0.25) is 11.9 Å². The number of nitrogens with one attached hydrogen (secondary N) is 2. The number of hydrogen-bond donors (Lipinski definition) is 2. The summed E-state index contributed by atoms with van der Waals surface area (Å²) in [6.45, 7) is 2.84. The van der Waals surface area contributed by atoms with E-state index < -0.39 is 5.91 Å². The summed E-state index contributed by atoms with van der Waals surface area (Å²) in [6, 6.07) is 4.54. The van der Waals surface area contributed by atoms with Crippen LogP contribution in [0.2, 0.25) is 0 Å². The molecule has 13 heteroatoms. The van der Waals surface area contributed by atoms with Crippen molar-refractivity contribution in [3.05, 3.63) is 58.9 Å². The van der Waals surface area contributed by atoms with Gasteiger partial charge in [-0.15, -0.1) is 0 Å². The second kappa shape index (κ2) is 11.8. The van der Waals surface area contributed by atoms with Gasteiger partial charge in [0.25, 0.3) is 11.1 Å². The molecule has 0 spiro atoms. The minimum atomic E-state index is -0.407. The molecule has 0 radical (unpaired) electrons. The molecule has 0 saturated carbocycles. The van der Waals surface area contributed by atoms with E-state index in [0.717, 1.165) is 44.2 Å². The number of rotatable bonds is 8. The second-order valence-electron chi connectivity index (χ2n) is 9.52. The number of nitrogens with zero attached hydrogens (tertiary/aromatic N) is 7. The van der Waals surface area contributed by atoms with Crippen molar-refractivity contribution < 1.29 is 14.0 Å². The van der Waals surface area contributed by atoms with Gasteiger partial charge in [-0.2, -0.15) is 0 Å².